The molecule has 13 heavy (non-hydrogen) atoms. The first-order valence-electron chi connectivity index (χ1n) is 3.40. The zero-order valence-electron chi connectivity index (χ0n) is 6.79. The minimum atomic E-state index is -0.945. The molecule has 4 amide bonds. The highest BCUT2D eigenvalue weighted by Gasteiger charge is 2.09. The van der Waals surface area contributed by atoms with E-state index in [0.717, 1.165) is 0 Å². The first kappa shape index (κ1) is 11.2. The van der Waals surface area contributed by atoms with Crippen LogP contribution in [0.4, 0.5) is 4.79 Å². The fourth-order valence-corrected chi connectivity index (χ4v) is 0.508. The number of hydrazine groups is 1. The molecule has 0 aromatic heterocycles. The van der Waals surface area contributed by atoms with Gasteiger partial charge in [0.1, 0.15) is 0 Å². The van der Waals surface area contributed by atoms with E-state index in [1.54, 1.807) is 5.43 Å². The van der Waals surface area contributed by atoms with Gasteiger partial charge in [0, 0.05) is 13.1 Å². The van der Waals surface area contributed by atoms with Crippen LogP contribution in [0.15, 0.2) is 0 Å². The lowest BCUT2D eigenvalue weighted by Gasteiger charge is -2.03. The monoisotopic (exact) mass is 189 g/mol. The minimum absolute atomic E-state index is 0.106. The first-order valence-corrected chi connectivity index (χ1v) is 3.40. The maximum absolute atomic E-state index is 10.7. The maximum atomic E-state index is 10.7. The molecule has 0 radical (unpaired) electrons. The van der Waals surface area contributed by atoms with Gasteiger partial charge < -0.3 is 16.4 Å². The number of urea groups is 1. The molecule has 0 spiro atoms. The lowest BCUT2D eigenvalue weighted by molar-refractivity contribution is -0.139. The van der Waals surface area contributed by atoms with E-state index in [-0.39, 0.29) is 13.1 Å². The fraction of sp³-hybridized carbons (Fsp3) is 0.400. The SMILES string of the molecule is NNC(=O)C(=O)NCCNC(N)=O. The molecule has 0 aromatic rings. The Labute approximate surface area is 74.0 Å². The van der Waals surface area contributed by atoms with Crippen molar-refractivity contribution < 1.29 is 14.4 Å². The van der Waals surface area contributed by atoms with E-state index in [2.05, 4.69) is 16.5 Å². The van der Waals surface area contributed by atoms with E-state index >= 15 is 0 Å². The van der Waals surface area contributed by atoms with Gasteiger partial charge in [0.2, 0.25) is 0 Å². The van der Waals surface area contributed by atoms with Crippen LogP contribution in [0, 0.1) is 0 Å². The molecule has 74 valence electrons. The normalized spacial score (nSPS) is 8.69. The van der Waals surface area contributed by atoms with Crippen LogP contribution >= 0.6 is 0 Å². The Morgan fingerprint density at radius 2 is 1.54 bits per heavy atom. The van der Waals surface area contributed by atoms with Crippen molar-refractivity contribution in [1.82, 2.24) is 16.1 Å². The van der Waals surface area contributed by atoms with Gasteiger partial charge in [-0.25, -0.2) is 10.6 Å². The molecule has 0 unspecified atom stereocenters. The smallest absolute Gasteiger partial charge is 0.323 e. The molecular formula is C5H11N5O3. The molecule has 8 heteroatoms. The van der Waals surface area contributed by atoms with E-state index < -0.39 is 17.8 Å². The Morgan fingerprint density at radius 3 is 2.00 bits per heavy atom. The predicted octanol–water partition coefficient (Wildman–Crippen LogP) is -3.24. The van der Waals surface area contributed by atoms with Gasteiger partial charge >= 0.3 is 17.8 Å². The number of hydrogen-bond acceptors (Lipinski definition) is 4. The molecule has 0 aromatic carbocycles. The summed E-state index contributed by atoms with van der Waals surface area (Å²) in [6.45, 7) is 0.258. The summed E-state index contributed by atoms with van der Waals surface area (Å²) in [7, 11) is 0. The topological polar surface area (TPSA) is 139 Å². The van der Waals surface area contributed by atoms with Gasteiger partial charge in [-0.15, -0.1) is 0 Å². The lowest BCUT2D eigenvalue weighted by Crippen LogP contribution is -2.45. The van der Waals surface area contributed by atoms with E-state index in [9.17, 15) is 14.4 Å². The Hall–Kier alpha value is -1.83. The molecule has 0 fully saturated rings. The summed E-state index contributed by atoms with van der Waals surface area (Å²) in [5.41, 5.74) is 6.38. The third-order valence-corrected chi connectivity index (χ3v) is 1.05. The molecule has 0 rings (SSSR count). The van der Waals surface area contributed by atoms with Crippen LogP contribution in [0.3, 0.4) is 0 Å². The average molecular weight is 189 g/mol. The second kappa shape index (κ2) is 5.77. The zero-order chi connectivity index (χ0) is 10.3. The number of nitrogens with two attached hydrogens (primary N) is 2. The van der Waals surface area contributed by atoms with Crippen molar-refractivity contribution >= 4 is 17.8 Å². The largest absolute Gasteiger partial charge is 0.352 e. The van der Waals surface area contributed by atoms with Gasteiger partial charge in [-0.2, -0.15) is 0 Å². The van der Waals surface area contributed by atoms with Crippen LogP contribution < -0.4 is 27.6 Å². The number of nitrogens with one attached hydrogen (secondary N) is 3. The van der Waals surface area contributed by atoms with Crippen LogP contribution in [0.2, 0.25) is 0 Å². The summed E-state index contributed by atoms with van der Waals surface area (Å²) in [5.74, 6) is 2.86. The Bertz CT molecular complexity index is 216. The molecule has 0 aliphatic rings. The lowest BCUT2D eigenvalue weighted by atomic mass is 10.5. The van der Waals surface area contributed by atoms with Crippen molar-refractivity contribution in [3.05, 3.63) is 0 Å². The van der Waals surface area contributed by atoms with Crippen LogP contribution in [0.1, 0.15) is 0 Å². The molecule has 0 atom stereocenters. The molecule has 0 aliphatic carbocycles. The van der Waals surface area contributed by atoms with Gasteiger partial charge in [-0.3, -0.25) is 15.0 Å². The van der Waals surface area contributed by atoms with Gasteiger partial charge in [0.05, 0.1) is 0 Å². The minimum Gasteiger partial charge on any atom is -0.352 e. The molecule has 7 N–H and O–H groups in total. The Kier molecular flexibility index (Phi) is 4.96. The first-order chi connectivity index (χ1) is 6.07. The van der Waals surface area contributed by atoms with Crippen molar-refractivity contribution in [2.24, 2.45) is 11.6 Å². The zero-order valence-corrected chi connectivity index (χ0v) is 6.79. The summed E-state index contributed by atoms with van der Waals surface area (Å²) in [4.78, 5) is 31.3. The second-order valence-electron chi connectivity index (χ2n) is 2.02. The number of carbonyl (C=O) groups excluding carboxylic acids is 3. The molecule has 0 heterocycles. The summed E-state index contributed by atoms with van der Waals surface area (Å²) in [5, 5.41) is 4.41. The molecule has 0 aliphatic heterocycles. The van der Waals surface area contributed by atoms with Crippen molar-refractivity contribution in [3.63, 3.8) is 0 Å². The molecule has 0 saturated heterocycles. The third-order valence-electron chi connectivity index (χ3n) is 1.05. The summed E-state index contributed by atoms with van der Waals surface area (Å²) in [6, 6.07) is -0.697. The average Bonchev–Trinajstić information content (AvgIpc) is 2.10. The molecular weight excluding hydrogens is 178 g/mol. The second-order valence-corrected chi connectivity index (χ2v) is 2.02. The van der Waals surface area contributed by atoms with Gasteiger partial charge in [-0.1, -0.05) is 0 Å². The number of primary amides is 1. The van der Waals surface area contributed by atoms with Crippen LogP contribution in [0.25, 0.3) is 0 Å². The van der Waals surface area contributed by atoms with E-state index in [1.807, 2.05) is 0 Å². The van der Waals surface area contributed by atoms with Gasteiger partial charge in [0.25, 0.3) is 0 Å². The Balaban J connectivity index is 3.48. The van der Waals surface area contributed by atoms with E-state index in [1.165, 1.54) is 0 Å². The van der Waals surface area contributed by atoms with Crippen molar-refractivity contribution in [1.29, 1.82) is 0 Å². The quantitative estimate of drug-likeness (QED) is 0.105. The summed E-state index contributed by atoms with van der Waals surface area (Å²) in [6.07, 6.45) is 0. The van der Waals surface area contributed by atoms with Crippen molar-refractivity contribution in [2.75, 3.05) is 13.1 Å². The highest BCUT2D eigenvalue weighted by molar-refractivity contribution is 6.34. The maximum Gasteiger partial charge on any atom is 0.323 e. The number of amides is 4. The van der Waals surface area contributed by atoms with Gasteiger partial charge in [0.15, 0.2) is 0 Å². The van der Waals surface area contributed by atoms with Crippen LogP contribution in [-0.4, -0.2) is 30.9 Å². The fourth-order valence-electron chi connectivity index (χ4n) is 0.508. The summed E-state index contributed by atoms with van der Waals surface area (Å²) < 4.78 is 0. The highest BCUT2D eigenvalue weighted by atomic mass is 16.2. The van der Waals surface area contributed by atoms with E-state index in [4.69, 9.17) is 5.73 Å². The van der Waals surface area contributed by atoms with Crippen molar-refractivity contribution in [2.45, 2.75) is 0 Å². The van der Waals surface area contributed by atoms with E-state index in [0.29, 0.717) is 0 Å². The van der Waals surface area contributed by atoms with Gasteiger partial charge in [-0.05, 0) is 0 Å². The third kappa shape index (κ3) is 5.44. The molecule has 8 nitrogen and oxygen atoms in total. The standard InChI is InChI=1S/C5H11N5O3/c6-5(13)9-2-1-8-3(11)4(12)10-7/h1-2,7H2,(H,8,11)(H,10,12)(H3,6,9,13). The number of carbonyl (C=O) groups is 3. The highest BCUT2D eigenvalue weighted by Crippen LogP contribution is 1.65. The number of rotatable bonds is 3. The summed E-state index contributed by atoms with van der Waals surface area (Å²) >= 11 is 0. The molecule has 0 bridgehead atoms. The molecule has 0 saturated carbocycles. The Morgan fingerprint density at radius 1 is 1.00 bits per heavy atom. The van der Waals surface area contributed by atoms with Crippen molar-refractivity contribution in [3.8, 4) is 0 Å². The van der Waals surface area contributed by atoms with Crippen LogP contribution in [-0.2, 0) is 9.59 Å². The predicted molar refractivity (Wildman–Crippen MR) is 42.9 cm³/mol. The van der Waals surface area contributed by atoms with Crippen LogP contribution in [0.5, 0.6) is 0 Å². The number of hydrogen-bond donors (Lipinski definition) is 5.